The summed E-state index contributed by atoms with van der Waals surface area (Å²) in [6, 6.07) is 3.69. The molecule has 3 heterocycles. The van der Waals surface area contributed by atoms with Crippen LogP contribution < -0.4 is 19.5 Å². The van der Waals surface area contributed by atoms with E-state index in [4.69, 9.17) is 9.47 Å². The molecule has 0 radical (unpaired) electrons. The fourth-order valence-electron chi connectivity index (χ4n) is 8.17. The number of fused-ring (bicyclic) bond motifs is 3. The third kappa shape index (κ3) is 8.71. The Hall–Kier alpha value is -4.61. The zero-order chi connectivity index (χ0) is 42.4. The van der Waals surface area contributed by atoms with Gasteiger partial charge in [0.05, 0.1) is 18.4 Å². The van der Waals surface area contributed by atoms with E-state index in [0.29, 0.717) is 57.3 Å². The number of rotatable bonds is 10. The molecule has 14 nitrogen and oxygen atoms in total. The fraction of sp³-hybridized carbons (Fsp3) is 0.625. The van der Waals surface area contributed by atoms with Crippen LogP contribution in [0.2, 0.25) is 0 Å². The maximum absolute atomic E-state index is 15.0. The summed E-state index contributed by atoms with van der Waals surface area (Å²) in [6.07, 6.45) is -0.375. The molecular weight excluding hydrogens is 784 g/mol. The summed E-state index contributed by atoms with van der Waals surface area (Å²) in [5.41, 5.74) is -4.72. The highest BCUT2D eigenvalue weighted by Gasteiger charge is 2.63. The van der Waals surface area contributed by atoms with Gasteiger partial charge in [0, 0.05) is 23.9 Å². The van der Waals surface area contributed by atoms with Crippen LogP contribution in [0, 0.1) is 17.8 Å². The molecule has 7 atom stereocenters. The molecule has 1 aromatic carbocycles. The van der Waals surface area contributed by atoms with Gasteiger partial charge in [-0.1, -0.05) is 32.9 Å². The molecule has 6 rings (SSSR count). The molecule has 318 valence electrons. The molecule has 1 aromatic heterocycles. The summed E-state index contributed by atoms with van der Waals surface area (Å²) in [6.45, 7) is 6.91. The molecule has 0 spiro atoms. The Balaban J connectivity index is 1.40. The van der Waals surface area contributed by atoms with E-state index in [1.54, 1.807) is 30.3 Å². The molecule has 2 aliphatic carbocycles. The summed E-state index contributed by atoms with van der Waals surface area (Å²) in [5.74, 6) is -3.78. The number of pyridine rings is 1. The summed E-state index contributed by atoms with van der Waals surface area (Å²) < 4.78 is 84.1. The van der Waals surface area contributed by atoms with E-state index >= 15 is 0 Å². The second-order valence-electron chi connectivity index (χ2n) is 16.8. The number of halogens is 3. The number of ether oxygens (including phenoxy) is 2. The molecular formula is C40H52F3N5O9S. The van der Waals surface area contributed by atoms with Crippen molar-refractivity contribution in [3.8, 4) is 11.6 Å². The predicted molar refractivity (Wildman–Crippen MR) is 206 cm³/mol. The zero-order valence-corrected chi connectivity index (χ0v) is 34.1. The van der Waals surface area contributed by atoms with Gasteiger partial charge in [-0.3, -0.25) is 24.0 Å². The number of aromatic nitrogens is 1. The van der Waals surface area contributed by atoms with Gasteiger partial charge in [0.25, 0.3) is 5.91 Å². The lowest BCUT2D eigenvalue weighted by Gasteiger charge is -2.45. The average molecular weight is 836 g/mol. The second kappa shape index (κ2) is 16.2. The number of sulfonamides is 1. The van der Waals surface area contributed by atoms with Crippen molar-refractivity contribution >= 4 is 44.6 Å². The molecule has 3 fully saturated rings. The van der Waals surface area contributed by atoms with Gasteiger partial charge in [-0.15, -0.1) is 0 Å². The third-order valence-corrected chi connectivity index (χ3v) is 13.6. The second-order valence-corrected chi connectivity index (χ2v) is 18.7. The topological polar surface area (TPSA) is 185 Å². The zero-order valence-electron chi connectivity index (χ0n) is 33.3. The number of nitrogens with zero attached hydrogens (tertiary/aromatic N) is 3. The summed E-state index contributed by atoms with van der Waals surface area (Å²) >= 11 is 0. The SMILES string of the molecule is CCCOc1ccc2c(O[C@@H]3C[C@H]4C(=O)N[C@]5(C(=O)NS(=O)(=O)C6CC6)C[C@H]5C=CCC[C@H](C)C[C@@H](C)[C@H](N(C(=O)O)C(C)(C)C(F)(F)F)C(=O)N4C3)nccc2c1. The van der Waals surface area contributed by atoms with Crippen molar-refractivity contribution in [3.05, 3.63) is 42.6 Å². The molecule has 0 unspecified atom stereocenters. The van der Waals surface area contributed by atoms with E-state index in [1.165, 1.54) is 13.1 Å². The molecule has 0 bridgehead atoms. The van der Waals surface area contributed by atoms with Crippen LogP contribution in [-0.4, -0.2) is 106 Å². The molecule has 2 saturated carbocycles. The highest BCUT2D eigenvalue weighted by Crippen LogP contribution is 2.47. The number of allylic oxidation sites excluding steroid dienone is 1. The van der Waals surface area contributed by atoms with Crippen LogP contribution in [0.15, 0.2) is 42.6 Å². The van der Waals surface area contributed by atoms with Crippen molar-refractivity contribution in [3.63, 3.8) is 0 Å². The Morgan fingerprint density at radius 2 is 1.84 bits per heavy atom. The minimum Gasteiger partial charge on any atom is -0.494 e. The Labute approximate surface area is 335 Å². The standard InChI is InChI=1S/C40H52F3N5O9S/c1-6-17-56-27-11-14-30-25(19-27)15-16-44-34(30)57-28-20-31-33(49)45-39(36(51)46-58(54,55)29-12-13-29)21-26(39)10-8-7-9-23(2)18-24(3)32(35(50)47(31)22-28)48(37(52)53)38(4,5)40(41,42)43/h8,10-11,14-16,19,23-24,26,28-29,31-32H,6-7,9,12-13,17-18,20-22H2,1-5H3,(H,45,49)(H,46,51)(H,52,53)/t23-,24+,26+,28+,31-,32-,39+/m0/s1. The summed E-state index contributed by atoms with van der Waals surface area (Å²) in [5, 5.41) is 13.8. The van der Waals surface area contributed by atoms with Crippen molar-refractivity contribution in [2.24, 2.45) is 17.8 Å². The number of carbonyl (C=O) groups excluding carboxylic acids is 3. The minimum absolute atomic E-state index is 0.0630. The number of hydrogen-bond donors (Lipinski definition) is 3. The van der Waals surface area contributed by atoms with Crippen LogP contribution in [0.4, 0.5) is 18.0 Å². The van der Waals surface area contributed by atoms with Gasteiger partial charge in [-0.2, -0.15) is 13.2 Å². The van der Waals surface area contributed by atoms with Crippen molar-refractivity contribution in [1.82, 2.24) is 24.8 Å². The maximum Gasteiger partial charge on any atom is 0.411 e. The number of carboxylic acid groups (broad SMARTS) is 1. The van der Waals surface area contributed by atoms with Crippen LogP contribution in [-0.2, 0) is 24.4 Å². The number of carbonyl (C=O) groups is 4. The number of nitrogens with one attached hydrogen (secondary N) is 2. The van der Waals surface area contributed by atoms with E-state index in [2.05, 4.69) is 15.0 Å². The van der Waals surface area contributed by atoms with Gasteiger partial charge >= 0.3 is 12.3 Å². The number of hydrogen-bond acceptors (Lipinski definition) is 9. The van der Waals surface area contributed by atoms with Gasteiger partial charge < -0.3 is 24.8 Å². The molecule has 2 aromatic rings. The summed E-state index contributed by atoms with van der Waals surface area (Å²) in [4.78, 5) is 61.8. The number of amides is 4. The molecule has 2 aliphatic heterocycles. The quantitative estimate of drug-likeness (QED) is 0.256. The fourth-order valence-corrected chi connectivity index (χ4v) is 9.54. The van der Waals surface area contributed by atoms with Crippen LogP contribution >= 0.6 is 0 Å². The first-order valence-corrected chi connectivity index (χ1v) is 21.4. The van der Waals surface area contributed by atoms with E-state index in [0.717, 1.165) is 16.7 Å². The molecule has 58 heavy (non-hydrogen) atoms. The highest BCUT2D eigenvalue weighted by molar-refractivity contribution is 7.91. The van der Waals surface area contributed by atoms with Crippen molar-refractivity contribution < 1.29 is 55.3 Å². The average Bonchev–Trinajstić information content (AvgIpc) is 4.07. The van der Waals surface area contributed by atoms with Gasteiger partial charge in [0.2, 0.25) is 27.7 Å². The summed E-state index contributed by atoms with van der Waals surface area (Å²) in [7, 11) is -4.02. The maximum atomic E-state index is 15.0. The van der Waals surface area contributed by atoms with Crippen LogP contribution in [0.3, 0.4) is 0 Å². The minimum atomic E-state index is -5.09. The lowest BCUT2D eigenvalue weighted by Crippen LogP contribution is -2.66. The smallest absolute Gasteiger partial charge is 0.411 e. The first-order valence-electron chi connectivity index (χ1n) is 19.8. The first-order chi connectivity index (χ1) is 27.2. The van der Waals surface area contributed by atoms with Gasteiger partial charge in [0.1, 0.15) is 35.0 Å². The molecule has 1 saturated heterocycles. The Kier molecular flexibility index (Phi) is 12.0. The van der Waals surface area contributed by atoms with Crippen molar-refractivity contribution in [1.29, 1.82) is 0 Å². The third-order valence-electron chi connectivity index (χ3n) is 11.8. The predicted octanol–water partition coefficient (Wildman–Crippen LogP) is 5.56. The normalized spacial score (nSPS) is 28.4. The van der Waals surface area contributed by atoms with E-state index in [-0.39, 0.29) is 42.5 Å². The monoisotopic (exact) mass is 835 g/mol. The van der Waals surface area contributed by atoms with Crippen molar-refractivity contribution in [2.75, 3.05) is 13.2 Å². The molecule has 4 aliphatic rings. The number of benzene rings is 1. The highest BCUT2D eigenvalue weighted by atomic mass is 32.2. The first kappa shape index (κ1) is 43.0. The lowest BCUT2D eigenvalue weighted by atomic mass is 9.85. The Bertz CT molecular complexity index is 2060. The molecule has 3 N–H and O–H groups in total. The Morgan fingerprint density at radius 1 is 1.12 bits per heavy atom. The van der Waals surface area contributed by atoms with Gasteiger partial charge in [0.15, 0.2) is 0 Å². The lowest BCUT2D eigenvalue weighted by molar-refractivity contribution is -0.222. The Morgan fingerprint density at radius 3 is 2.50 bits per heavy atom. The van der Waals surface area contributed by atoms with E-state index in [1.807, 2.05) is 19.9 Å². The van der Waals surface area contributed by atoms with Crippen molar-refractivity contribution in [2.45, 2.75) is 127 Å². The van der Waals surface area contributed by atoms with Crippen LogP contribution in [0.5, 0.6) is 11.6 Å². The largest absolute Gasteiger partial charge is 0.494 e. The molecule has 4 amide bonds. The van der Waals surface area contributed by atoms with Gasteiger partial charge in [-0.05, 0) is 100 Å². The molecule has 18 heteroatoms. The number of alkyl halides is 3. The van der Waals surface area contributed by atoms with E-state index < -0.39 is 86.4 Å². The van der Waals surface area contributed by atoms with E-state index in [9.17, 15) is 45.9 Å². The van der Waals surface area contributed by atoms with Gasteiger partial charge in [-0.25, -0.2) is 18.2 Å². The van der Waals surface area contributed by atoms with Crippen LogP contribution in [0.25, 0.3) is 10.8 Å². The van der Waals surface area contributed by atoms with Crippen LogP contribution in [0.1, 0.15) is 86.0 Å².